The number of aromatic nitrogens is 3. The molecular formula is C14H9Cl2N3. The van der Waals surface area contributed by atoms with Crippen molar-refractivity contribution in [1.82, 2.24) is 15.0 Å². The summed E-state index contributed by atoms with van der Waals surface area (Å²) in [4.78, 5) is 11.6. The second-order valence-electron chi connectivity index (χ2n) is 4.01. The topological polar surface area (TPSA) is 41.6 Å². The number of aromatic amines is 1. The summed E-state index contributed by atoms with van der Waals surface area (Å²) in [5.41, 5.74) is 2.64. The zero-order chi connectivity index (χ0) is 13.2. The Kier molecular flexibility index (Phi) is 3.23. The molecule has 3 aromatic rings. The number of benzene rings is 1. The van der Waals surface area contributed by atoms with Crippen molar-refractivity contribution < 1.29 is 0 Å². The number of nitrogens with one attached hydrogen (secondary N) is 1. The third kappa shape index (κ3) is 2.48. The van der Waals surface area contributed by atoms with Gasteiger partial charge in [0.25, 0.3) is 0 Å². The highest BCUT2D eigenvalue weighted by molar-refractivity contribution is 6.35. The molecule has 3 rings (SSSR count). The molecule has 0 aliphatic carbocycles. The lowest BCUT2D eigenvalue weighted by Crippen LogP contribution is -1.83. The number of hydrogen-bond donors (Lipinski definition) is 1. The number of nitrogens with zero attached hydrogens (tertiary/aromatic N) is 2. The molecule has 0 radical (unpaired) electrons. The molecule has 0 bridgehead atoms. The Morgan fingerprint density at radius 3 is 2.74 bits per heavy atom. The fourth-order valence-electron chi connectivity index (χ4n) is 1.81. The number of H-pyrrole nitrogens is 1. The summed E-state index contributed by atoms with van der Waals surface area (Å²) >= 11 is 12.1. The van der Waals surface area contributed by atoms with E-state index in [0.29, 0.717) is 15.9 Å². The lowest BCUT2D eigenvalue weighted by Gasteiger charge is -2.01. The SMILES string of the molecule is Clc1ccc(Cl)c(-c2ncc(-c3cccnc3)[nH]2)c1. The quantitative estimate of drug-likeness (QED) is 0.757. The molecule has 0 saturated carbocycles. The molecule has 0 unspecified atom stereocenters. The van der Waals surface area contributed by atoms with Crippen LogP contribution in [0.3, 0.4) is 0 Å². The van der Waals surface area contributed by atoms with Crippen LogP contribution in [0.25, 0.3) is 22.6 Å². The number of pyridine rings is 1. The van der Waals surface area contributed by atoms with Crippen molar-refractivity contribution in [2.45, 2.75) is 0 Å². The van der Waals surface area contributed by atoms with Crippen LogP contribution in [-0.4, -0.2) is 15.0 Å². The molecular weight excluding hydrogens is 281 g/mol. The van der Waals surface area contributed by atoms with Gasteiger partial charge in [-0.25, -0.2) is 4.98 Å². The summed E-state index contributed by atoms with van der Waals surface area (Å²) in [6.45, 7) is 0. The second-order valence-corrected chi connectivity index (χ2v) is 4.85. The second kappa shape index (κ2) is 5.03. The van der Waals surface area contributed by atoms with Crippen molar-refractivity contribution in [3.05, 3.63) is 59.0 Å². The number of hydrogen-bond acceptors (Lipinski definition) is 2. The van der Waals surface area contributed by atoms with E-state index in [4.69, 9.17) is 23.2 Å². The third-order valence-electron chi connectivity index (χ3n) is 2.73. The maximum Gasteiger partial charge on any atom is 0.139 e. The average molecular weight is 290 g/mol. The molecule has 0 saturated heterocycles. The number of halogens is 2. The molecule has 0 aliphatic rings. The van der Waals surface area contributed by atoms with E-state index in [1.54, 1.807) is 36.8 Å². The predicted molar refractivity (Wildman–Crippen MR) is 77.3 cm³/mol. The smallest absolute Gasteiger partial charge is 0.139 e. The minimum atomic E-state index is 0.608. The van der Waals surface area contributed by atoms with Crippen molar-refractivity contribution in [3.8, 4) is 22.6 Å². The molecule has 94 valence electrons. The summed E-state index contributed by atoms with van der Waals surface area (Å²) in [5.74, 6) is 0.686. The van der Waals surface area contributed by atoms with Crippen molar-refractivity contribution in [2.24, 2.45) is 0 Å². The van der Waals surface area contributed by atoms with Gasteiger partial charge in [0.2, 0.25) is 0 Å². The zero-order valence-electron chi connectivity index (χ0n) is 9.77. The van der Waals surface area contributed by atoms with Gasteiger partial charge in [0.15, 0.2) is 0 Å². The molecule has 3 nitrogen and oxygen atoms in total. The highest BCUT2D eigenvalue weighted by Crippen LogP contribution is 2.29. The maximum atomic E-state index is 6.16. The fraction of sp³-hybridized carbons (Fsp3) is 0. The predicted octanol–water partition coefficient (Wildman–Crippen LogP) is 4.45. The highest BCUT2D eigenvalue weighted by atomic mass is 35.5. The first-order valence-electron chi connectivity index (χ1n) is 5.65. The van der Waals surface area contributed by atoms with Gasteiger partial charge in [0.1, 0.15) is 5.82 Å². The minimum Gasteiger partial charge on any atom is -0.338 e. The molecule has 0 aliphatic heterocycles. The van der Waals surface area contributed by atoms with Gasteiger partial charge in [-0.05, 0) is 30.3 Å². The van der Waals surface area contributed by atoms with Gasteiger partial charge in [-0.15, -0.1) is 0 Å². The molecule has 19 heavy (non-hydrogen) atoms. The van der Waals surface area contributed by atoms with Crippen LogP contribution < -0.4 is 0 Å². The van der Waals surface area contributed by atoms with Crippen LogP contribution in [0.5, 0.6) is 0 Å². The summed E-state index contributed by atoms with van der Waals surface area (Å²) in [7, 11) is 0. The molecule has 0 amide bonds. The van der Waals surface area contributed by atoms with Crippen LogP contribution in [0.1, 0.15) is 0 Å². The first kappa shape index (κ1) is 12.2. The van der Waals surface area contributed by atoms with Crippen LogP contribution in [0.15, 0.2) is 48.9 Å². The van der Waals surface area contributed by atoms with Crippen LogP contribution in [-0.2, 0) is 0 Å². The molecule has 1 aromatic carbocycles. The summed E-state index contributed by atoms with van der Waals surface area (Å²) < 4.78 is 0. The van der Waals surface area contributed by atoms with E-state index in [0.717, 1.165) is 16.8 Å². The average Bonchev–Trinajstić information content (AvgIpc) is 2.92. The normalized spacial score (nSPS) is 10.6. The first-order valence-corrected chi connectivity index (χ1v) is 6.40. The van der Waals surface area contributed by atoms with E-state index in [-0.39, 0.29) is 0 Å². The Hall–Kier alpha value is -1.84. The molecule has 1 N–H and O–H groups in total. The maximum absolute atomic E-state index is 6.16. The molecule has 5 heteroatoms. The van der Waals surface area contributed by atoms with E-state index in [1.807, 2.05) is 12.1 Å². The standard InChI is InChI=1S/C14H9Cl2N3/c15-10-3-4-12(16)11(6-10)14-18-8-13(19-14)9-2-1-5-17-7-9/h1-8H,(H,18,19). The first-order chi connectivity index (χ1) is 9.24. The van der Waals surface area contributed by atoms with Crippen LogP contribution in [0.4, 0.5) is 0 Å². The van der Waals surface area contributed by atoms with Crippen molar-refractivity contribution in [3.63, 3.8) is 0 Å². The van der Waals surface area contributed by atoms with E-state index < -0.39 is 0 Å². The Balaban J connectivity index is 2.04. The van der Waals surface area contributed by atoms with Crippen LogP contribution >= 0.6 is 23.2 Å². The molecule has 0 fully saturated rings. The Morgan fingerprint density at radius 1 is 1.05 bits per heavy atom. The zero-order valence-corrected chi connectivity index (χ0v) is 11.3. The van der Waals surface area contributed by atoms with E-state index in [9.17, 15) is 0 Å². The molecule has 0 spiro atoms. The van der Waals surface area contributed by atoms with Crippen molar-refractivity contribution in [2.75, 3.05) is 0 Å². The summed E-state index contributed by atoms with van der Waals surface area (Å²) in [5, 5.41) is 1.23. The van der Waals surface area contributed by atoms with Crippen LogP contribution in [0.2, 0.25) is 10.0 Å². The summed E-state index contributed by atoms with van der Waals surface area (Å²) in [6.07, 6.45) is 5.26. The van der Waals surface area contributed by atoms with Gasteiger partial charge in [0, 0.05) is 28.5 Å². The highest BCUT2D eigenvalue weighted by Gasteiger charge is 2.09. The lowest BCUT2D eigenvalue weighted by molar-refractivity contribution is 1.29. The number of imidazole rings is 1. The molecule has 2 heterocycles. The van der Waals surface area contributed by atoms with Gasteiger partial charge in [0.05, 0.1) is 16.9 Å². The lowest BCUT2D eigenvalue weighted by atomic mass is 10.2. The molecule has 2 aromatic heterocycles. The fourth-order valence-corrected chi connectivity index (χ4v) is 2.18. The third-order valence-corrected chi connectivity index (χ3v) is 3.30. The van der Waals surface area contributed by atoms with Gasteiger partial charge in [-0.3, -0.25) is 4.98 Å². The summed E-state index contributed by atoms with van der Waals surface area (Å²) in [6, 6.07) is 9.13. The van der Waals surface area contributed by atoms with Crippen molar-refractivity contribution >= 4 is 23.2 Å². The monoisotopic (exact) mass is 289 g/mol. The van der Waals surface area contributed by atoms with E-state index >= 15 is 0 Å². The van der Waals surface area contributed by atoms with Gasteiger partial charge in [-0.1, -0.05) is 23.2 Å². The number of rotatable bonds is 2. The largest absolute Gasteiger partial charge is 0.338 e. The van der Waals surface area contributed by atoms with E-state index in [2.05, 4.69) is 15.0 Å². The van der Waals surface area contributed by atoms with Gasteiger partial charge >= 0.3 is 0 Å². The Morgan fingerprint density at radius 2 is 1.95 bits per heavy atom. The van der Waals surface area contributed by atoms with Gasteiger partial charge in [-0.2, -0.15) is 0 Å². The van der Waals surface area contributed by atoms with Crippen LogP contribution in [0, 0.1) is 0 Å². The Labute approximate surface area is 120 Å². The van der Waals surface area contributed by atoms with Gasteiger partial charge < -0.3 is 4.98 Å². The van der Waals surface area contributed by atoms with Crippen molar-refractivity contribution in [1.29, 1.82) is 0 Å². The van der Waals surface area contributed by atoms with E-state index in [1.165, 1.54) is 0 Å². The Bertz CT molecular complexity index is 708. The minimum absolute atomic E-state index is 0.608. The molecule has 0 atom stereocenters.